The minimum absolute atomic E-state index is 0.172. The van der Waals surface area contributed by atoms with Crippen molar-refractivity contribution in [1.82, 2.24) is 21.0 Å². The van der Waals surface area contributed by atoms with Crippen LogP contribution in [0.25, 0.3) is 10.9 Å². The Bertz CT molecular complexity index is 1750. The average Bonchev–Trinajstić information content (AvgIpc) is 3.73. The fourth-order valence-electron chi connectivity index (χ4n) is 5.09. The van der Waals surface area contributed by atoms with Gasteiger partial charge >= 0.3 is 0 Å². The van der Waals surface area contributed by atoms with Crippen LogP contribution in [0.5, 0.6) is 0 Å². The number of aromatic nitrogens is 1. The maximum atomic E-state index is 13.9. The summed E-state index contributed by atoms with van der Waals surface area (Å²) in [7, 11) is 7.08. The summed E-state index contributed by atoms with van der Waals surface area (Å²) in [5.41, 5.74) is 8.96. The van der Waals surface area contributed by atoms with Crippen molar-refractivity contribution >= 4 is 41.7 Å². The van der Waals surface area contributed by atoms with Crippen LogP contribution in [0.3, 0.4) is 0 Å². The van der Waals surface area contributed by atoms with Gasteiger partial charge in [-0.05, 0) is 48.2 Å². The molecule has 1 aromatic heterocycles. The Kier molecular flexibility index (Phi) is 7.34. The first-order valence-electron chi connectivity index (χ1n) is 13.5. The Morgan fingerprint density at radius 2 is 1.90 bits per heavy atom. The van der Waals surface area contributed by atoms with E-state index < -0.39 is 5.44 Å². The smallest absolute Gasteiger partial charge is 0.123 e. The third-order valence-electron chi connectivity index (χ3n) is 7.46. The second-order valence-corrected chi connectivity index (χ2v) is 10.7. The fourth-order valence-corrected chi connectivity index (χ4v) is 5.36. The molecule has 1 fully saturated rings. The summed E-state index contributed by atoms with van der Waals surface area (Å²) in [5.74, 6) is -0.378. The molecule has 1 saturated carbocycles. The number of anilines is 2. The normalized spacial score (nSPS) is 16.5. The summed E-state index contributed by atoms with van der Waals surface area (Å²) >= 11 is 6.77. The van der Waals surface area contributed by atoms with E-state index in [2.05, 4.69) is 38.7 Å². The molecule has 0 saturated heterocycles. The zero-order valence-electron chi connectivity index (χ0n) is 22.4. The predicted molar refractivity (Wildman–Crippen MR) is 161 cm³/mol. The van der Waals surface area contributed by atoms with Crippen molar-refractivity contribution in [2.45, 2.75) is 36.8 Å². The first kappa shape index (κ1) is 27.4. The van der Waals surface area contributed by atoms with Crippen molar-refractivity contribution < 1.29 is 4.39 Å². The second-order valence-electron chi connectivity index (χ2n) is 10.3. The number of hydrazine groups is 2. The van der Waals surface area contributed by atoms with E-state index >= 15 is 0 Å². The summed E-state index contributed by atoms with van der Waals surface area (Å²) in [6, 6.07) is 23.5. The van der Waals surface area contributed by atoms with Gasteiger partial charge in [-0.25, -0.2) is 4.39 Å². The lowest BCUT2D eigenvalue weighted by Crippen LogP contribution is -2.45. The van der Waals surface area contributed by atoms with Gasteiger partial charge in [0.15, 0.2) is 0 Å². The van der Waals surface area contributed by atoms with Crippen LogP contribution in [-0.2, 0) is 5.44 Å². The van der Waals surface area contributed by atoms with Gasteiger partial charge in [-0.15, -0.1) is 5.53 Å². The van der Waals surface area contributed by atoms with Crippen LogP contribution in [0.4, 0.5) is 15.8 Å². The number of hydrogen-bond donors (Lipinski definition) is 4. The van der Waals surface area contributed by atoms with E-state index in [1.165, 1.54) is 18.3 Å². The van der Waals surface area contributed by atoms with Gasteiger partial charge in [0.2, 0.25) is 0 Å². The molecule has 2 radical (unpaired) electrons. The number of pyridine rings is 1. The molecule has 6 rings (SSSR count). The van der Waals surface area contributed by atoms with Gasteiger partial charge in [0.1, 0.15) is 19.7 Å². The van der Waals surface area contributed by atoms with E-state index in [4.69, 9.17) is 19.4 Å². The Morgan fingerprint density at radius 3 is 2.60 bits per heavy atom. The maximum Gasteiger partial charge on any atom is 0.123 e. The monoisotopic (exact) mass is 574 g/mol. The van der Waals surface area contributed by atoms with Gasteiger partial charge in [0.25, 0.3) is 0 Å². The lowest BCUT2D eigenvalue weighted by Gasteiger charge is -2.34. The number of benzene rings is 3. The number of nitrogens with one attached hydrogen (secondary N) is 4. The maximum absolute atomic E-state index is 13.9. The Balaban J connectivity index is 1.45. The predicted octanol–water partition coefficient (Wildman–Crippen LogP) is 5.73. The average molecular weight is 575 g/mol. The summed E-state index contributed by atoms with van der Waals surface area (Å²) in [6.07, 6.45) is 5.69. The van der Waals surface area contributed by atoms with Crippen LogP contribution in [-0.4, -0.2) is 23.9 Å². The minimum atomic E-state index is -1.32. The Morgan fingerprint density at radius 1 is 1.14 bits per heavy atom. The van der Waals surface area contributed by atoms with Crippen molar-refractivity contribution in [2.75, 3.05) is 10.6 Å². The van der Waals surface area contributed by atoms with Crippen molar-refractivity contribution in [3.63, 3.8) is 0 Å². The van der Waals surface area contributed by atoms with Gasteiger partial charge in [0, 0.05) is 29.5 Å². The van der Waals surface area contributed by atoms with Gasteiger partial charge in [-0.2, -0.15) is 10.5 Å². The SMILES string of the molecule is [B]C(Nc1cc(Cl)c2ncc(C#N)c(N[C@H](CC#N)c3ccccc3)c2c1)(C1=CN(C2CC2)NN1)c1ccc(F)cc1. The molecule has 3 aromatic carbocycles. The highest BCUT2D eigenvalue weighted by atomic mass is 35.5. The van der Waals surface area contributed by atoms with Crippen LogP contribution in [0.2, 0.25) is 5.02 Å². The van der Waals surface area contributed by atoms with Gasteiger partial charge in [-0.1, -0.05) is 54.1 Å². The van der Waals surface area contributed by atoms with Gasteiger partial charge in [0.05, 0.1) is 51.5 Å². The summed E-state index contributed by atoms with van der Waals surface area (Å²) in [6.45, 7) is 0. The van der Waals surface area contributed by atoms with Crippen LogP contribution < -0.4 is 21.6 Å². The molecule has 8 nitrogen and oxygen atoms in total. The molecular weight excluding hydrogens is 550 g/mol. The number of fused-ring (bicyclic) bond motifs is 1. The van der Waals surface area contributed by atoms with Crippen molar-refractivity contribution in [1.29, 1.82) is 10.5 Å². The topological polar surface area (TPSA) is 112 Å². The van der Waals surface area contributed by atoms with E-state index in [0.29, 0.717) is 50.2 Å². The van der Waals surface area contributed by atoms with E-state index in [-0.39, 0.29) is 18.3 Å². The number of rotatable bonds is 9. The molecule has 0 spiro atoms. The highest BCUT2D eigenvalue weighted by molar-refractivity contribution is 6.36. The molecule has 0 amide bonds. The van der Waals surface area contributed by atoms with Crippen LogP contribution >= 0.6 is 11.6 Å². The second kappa shape index (κ2) is 11.3. The molecule has 2 heterocycles. The molecule has 4 N–H and O–H groups in total. The molecule has 1 unspecified atom stereocenters. The van der Waals surface area contributed by atoms with Crippen LogP contribution in [0.1, 0.15) is 42.0 Å². The third-order valence-corrected chi connectivity index (χ3v) is 7.74. The molecule has 42 heavy (non-hydrogen) atoms. The highest BCUT2D eigenvalue weighted by Gasteiger charge is 2.37. The molecule has 11 heteroatoms. The fraction of sp³-hybridized carbons (Fsp3) is 0.194. The largest absolute Gasteiger partial charge is 0.378 e. The van der Waals surface area contributed by atoms with E-state index in [9.17, 15) is 14.9 Å². The molecule has 1 aliphatic carbocycles. The van der Waals surface area contributed by atoms with E-state index in [1.807, 2.05) is 47.6 Å². The number of nitrogens with zero attached hydrogens (tertiary/aromatic N) is 4. The van der Waals surface area contributed by atoms with Crippen molar-refractivity contribution in [3.05, 3.63) is 112 Å². The van der Waals surface area contributed by atoms with Crippen molar-refractivity contribution in [2.24, 2.45) is 0 Å². The number of nitriles is 2. The molecule has 0 bridgehead atoms. The molecule has 2 atom stereocenters. The zero-order chi connectivity index (χ0) is 29.3. The number of hydrogen-bond acceptors (Lipinski definition) is 8. The van der Waals surface area contributed by atoms with E-state index in [1.54, 1.807) is 18.2 Å². The molecule has 206 valence electrons. The minimum Gasteiger partial charge on any atom is -0.378 e. The zero-order valence-corrected chi connectivity index (χ0v) is 23.2. The lowest BCUT2D eigenvalue weighted by atomic mass is 9.69. The summed E-state index contributed by atoms with van der Waals surface area (Å²) < 4.78 is 13.9. The molecule has 2 aliphatic rings. The van der Waals surface area contributed by atoms with Crippen LogP contribution in [0.15, 0.2) is 84.8 Å². The number of halogens is 2. The van der Waals surface area contributed by atoms with Gasteiger partial charge in [-0.3, -0.25) is 9.99 Å². The molecule has 4 aromatic rings. The van der Waals surface area contributed by atoms with Gasteiger partial charge < -0.3 is 16.1 Å². The lowest BCUT2D eigenvalue weighted by molar-refractivity contribution is 0.260. The summed E-state index contributed by atoms with van der Waals surface area (Å²) in [5, 5.41) is 29.2. The first-order chi connectivity index (χ1) is 20.4. The highest BCUT2D eigenvalue weighted by Crippen LogP contribution is 2.39. The van der Waals surface area contributed by atoms with Crippen LogP contribution in [0, 0.1) is 28.5 Å². The Hall–Kier alpha value is -4.77. The summed E-state index contributed by atoms with van der Waals surface area (Å²) in [4.78, 5) is 4.46. The standard InChI is InChI=1S/C31H25BClFN8/c32-31(21-6-8-22(34)9-7-21,28-18-42(41-40-28)24-10-11-24)39-23-14-25-29(20(16-36)17-37-30(25)26(33)15-23)38-27(12-13-35)19-4-2-1-3-5-19/h1-9,14-15,17-18,24,27,39-41H,10-12H2,(H,37,38)/t27-,31?/m1/s1. The third kappa shape index (κ3) is 5.30. The quantitative estimate of drug-likeness (QED) is 0.188. The van der Waals surface area contributed by atoms with Crippen molar-refractivity contribution in [3.8, 4) is 12.1 Å². The first-order valence-corrected chi connectivity index (χ1v) is 13.8. The van der Waals surface area contributed by atoms with E-state index in [0.717, 1.165) is 18.4 Å². The molecule has 1 aliphatic heterocycles. The Labute approximate surface area is 249 Å². The molecular formula is C31H25BClFN8.